The van der Waals surface area contributed by atoms with E-state index in [1.807, 2.05) is 37.4 Å². The van der Waals surface area contributed by atoms with Crippen LogP contribution in [-0.4, -0.2) is 37.5 Å². The second kappa shape index (κ2) is 9.72. The number of anilines is 2. The first kappa shape index (κ1) is 18.8. The number of amides is 1. The zero-order valence-electron chi connectivity index (χ0n) is 15.5. The van der Waals surface area contributed by atoms with Gasteiger partial charge < -0.3 is 15.1 Å². The van der Waals surface area contributed by atoms with Crippen molar-refractivity contribution < 1.29 is 4.79 Å². The van der Waals surface area contributed by atoms with Gasteiger partial charge in [0.2, 0.25) is 5.91 Å². The largest absolute Gasteiger partial charge is 0.385 e. The van der Waals surface area contributed by atoms with E-state index in [2.05, 4.69) is 48.3 Å². The number of hydrogen-bond acceptors (Lipinski definition) is 3. The Labute approximate surface area is 151 Å². The number of hydrogen-bond donors (Lipinski definition) is 1. The Balaban J connectivity index is 1.77. The van der Waals surface area contributed by atoms with Crippen LogP contribution in [0.5, 0.6) is 0 Å². The van der Waals surface area contributed by atoms with Crippen LogP contribution >= 0.6 is 0 Å². The molecule has 0 spiro atoms. The van der Waals surface area contributed by atoms with Crippen molar-refractivity contribution in [3.05, 3.63) is 60.2 Å². The Kier molecular flexibility index (Phi) is 7.33. The molecule has 0 atom stereocenters. The average Bonchev–Trinajstić information content (AvgIpc) is 2.64. The highest BCUT2D eigenvalue weighted by molar-refractivity contribution is 5.76. The molecule has 0 aliphatic rings. The lowest BCUT2D eigenvalue weighted by atomic mass is 10.2. The summed E-state index contributed by atoms with van der Waals surface area (Å²) in [7, 11) is 1.86. The van der Waals surface area contributed by atoms with Gasteiger partial charge in [0.15, 0.2) is 0 Å². The molecule has 4 heteroatoms. The number of carbonyl (C=O) groups is 1. The van der Waals surface area contributed by atoms with Crippen molar-refractivity contribution in [1.82, 2.24) is 4.90 Å². The summed E-state index contributed by atoms with van der Waals surface area (Å²) in [4.78, 5) is 16.3. The predicted molar refractivity (Wildman–Crippen MR) is 106 cm³/mol. The van der Waals surface area contributed by atoms with E-state index in [1.165, 1.54) is 5.69 Å². The van der Waals surface area contributed by atoms with E-state index in [1.54, 1.807) is 4.90 Å². The molecule has 0 aliphatic carbocycles. The highest BCUT2D eigenvalue weighted by atomic mass is 16.2. The Hall–Kier alpha value is -2.49. The quantitative estimate of drug-likeness (QED) is 0.750. The van der Waals surface area contributed by atoms with E-state index in [9.17, 15) is 4.79 Å². The monoisotopic (exact) mass is 339 g/mol. The number of nitrogens with one attached hydrogen (secondary N) is 1. The molecule has 0 heterocycles. The fraction of sp³-hybridized carbons (Fsp3) is 0.381. The van der Waals surface area contributed by atoms with E-state index < -0.39 is 0 Å². The van der Waals surface area contributed by atoms with Gasteiger partial charge in [0.25, 0.3) is 0 Å². The molecule has 2 aromatic rings. The second-order valence-electron chi connectivity index (χ2n) is 6.13. The lowest BCUT2D eigenvalue weighted by Gasteiger charge is -2.21. The molecule has 0 aliphatic heterocycles. The molecule has 0 aromatic heterocycles. The summed E-state index contributed by atoms with van der Waals surface area (Å²) in [6.45, 7) is 7.62. The summed E-state index contributed by atoms with van der Waals surface area (Å²) in [6.07, 6.45) is 0.487. The molecular formula is C21H29N3O. The maximum atomic E-state index is 12.2. The van der Waals surface area contributed by atoms with Crippen molar-refractivity contribution in [1.29, 1.82) is 0 Å². The average molecular weight is 339 g/mol. The summed E-state index contributed by atoms with van der Waals surface area (Å²) in [5.41, 5.74) is 3.43. The molecule has 25 heavy (non-hydrogen) atoms. The summed E-state index contributed by atoms with van der Waals surface area (Å²) in [5.74, 6) is 0.149. The minimum atomic E-state index is 0.149. The topological polar surface area (TPSA) is 35.6 Å². The van der Waals surface area contributed by atoms with Crippen LogP contribution in [0.4, 0.5) is 11.4 Å². The number of rotatable bonds is 9. The van der Waals surface area contributed by atoms with Crippen LogP contribution in [-0.2, 0) is 11.3 Å². The number of carbonyl (C=O) groups excluding carboxylic acids is 1. The van der Waals surface area contributed by atoms with Crippen LogP contribution in [0.25, 0.3) is 0 Å². The van der Waals surface area contributed by atoms with Crippen molar-refractivity contribution in [2.45, 2.75) is 26.8 Å². The molecule has 134 valence electrons. The standard InChI is InChI=1S/C21H29N3O/c1-4-24(5-2)20-13-11-19(12-14-20)22-16-15-21(25)23(3)17-18-9-7-6-8-10-18/h6-14,22H,4-5,15-17H2,1-3H3. The first-order chi connectivity index (χ1) is 12.1. The van der Waals surface area contributed by atoms with Crippen LogP contribution in [0.15, 0.2) is 54.6 Å². The van der Waals surface area contributed by atoms with Crippen molar-refractivity contribution in [2.75, 3.05) is 36.9 Å². The predicted octanol–water partition coefficient (Wildman–Crippen LogP) is 3.99. The third-order valence-electron chi connectivity index (χ3n) is 4.35. The Bertz CT molecular complexity index is 636. The molecule has 0 saturated carbocycles. The fourth-order valence-electron chi connectivity index (χ4n) is 2.83. The van der Waals surface area contributed by atoms with E-state index in [0.717, 1.165) is 24.3 Å². The molecule has 1 amide bonds. The smallest absolute Gasteiger partial charge is 0.224 e. The summed E-state index contributed by atoms with van der Waals surface area (Å²) in [5, 5.41) is 3.33. The third-order valence-corrected chi connectivity index (χ3v) is 4.35. The van der Waals surface area contributed by atoms with Gasteiger partial charge in [-0.15, -0.1) is 0 Å². The first-order valence-electron chi connectivity index (χ1n) is 9.00. The van der Waals surface area contributed by atoms with Crippen molar-refractivity contribution >= 4 is 17.3 Å². The molecule has 2 rings (SSSR count). The lowest BCUT2D eigenvalue weighted by Crippen LogP contribution is -2.27. The van der Waals surface area contributed by atoms with Gasteiger partial charge in [0.05, 0.1) is 0 Å². The van der Waals surface area contributed by atoms with Crippen molar-refractivity contribution in [3.63, 3.8) is 0 Å². The molecule has 2 aromatic carbocycles. The van der Waals surface area contributed by atoms with Crippen molar-refractivity contribution in [3.8, 4) is 0 Å². The van der Waals surface area contributed by atoms with E-state index in [4.69, 9.17) is 0 Å². The van der Waals surface area contributed by atoms with Gasteiger partial charge in [-0.3, -0.25) is 4.79 Å². The highest BCUT2D eigenvalue weighted by Gasteiger charge is 2.09. The molecule has 1 N–H and O–H groups in total. The zero-order chi connectivity index (χ0) is 18.1. The van der Waals surface area contributed by atoms with Gasteiger partial charge in [0.1, 0.15) is 0 Å². The second-order valence-corrected chi connectivity index (χ2v) is 6.13. The van der Waals surface area contributed by atoms with Crippen LogP contribution in [0.3, 0.4) is 0 Å². The fourth-order valence-corrected chi connectivity index (χ4v) is 2.83. The summed E-state index contributed by atoms with van der Waals surface area (Å²) < 4.78 is 0. The van der Waals surface area contributed by atoms with E-state index in [0.29, 0.717) is 19.5 Å². The minimum Gasteiger partial charge on any atom is -0.385 e. The number of nitrogens with zero attached hydrogens (tertiary/aromatic N) is 2. The SMILES string of the molecule is CCN(CC)c1ccc(NCCC(=O)N(C)Cc2ccccc2)cc1. The lowest BCUT2D eigenvalue weighted by molar-refractivity contribution is -0.130. The maximum Gasteiger partial charge on any atom is 0.224 e. The molecule has 0 fully saturated rings. The molecule has 0 unspecified atom stereocenters. The summed E-state index contributed by atoms with van der Waals surface area (Å²) in [6, 6.07) is 18.5. The molecule has 0 saturated heterocycles. The maximum absolute atomic E-state index is 12.2. The van der Waals surface area contributed by atoms with Gasteiger partial charge in [-0.1, -0.05) is 30.3 Å². The van der Waals surface area contributed by atoms with Crippen LogP contribution in [0.1, 0.15) is 25.8 Å². The minimum absolute atomic E-state index is 0.149. The number of benzene rings is 2. The molecule has 0 radical (unpaired) electrons. The first-order valence-corrected chi connectivity index (χ1v) is 9.00. The Morgan fingerprint density at radius 1 is 0.960 bits per heavy atom. The van der Waals surface area contributed by atoms with Gasteiger partial charge in [-0.05, 0) is 43.7 Å². The van der Waals surface area contributed by atoms with Crippen LogP contribution < -0.4 is 10.2 Å². The van der Waals surface area contributed by atoms with Crippen molar-refractivity contribution in [2.24, 2.45) is 0 Å². The normalized spacial score (nSPS) is 10.4. The van der Waals surface area contributed by atoms with Crippen LogP contribution in [0.2, 0.25) is 0 Å². The highest BCUT2D eigenvalue weighted by Crippen LogP contribution is 2.17. The van der Waals surface area contributed by atoms with Gasteiger partial charge >= 0.3 is 0 Å². The Morgan fingerprint density at radius 2 is 1.60 bits per heavy atom. The third kappa shape index (κ3) is 5.82. The van der Waals surface area contributed by atoms with Gasteiger partial charge in [0, 0.05) is 51.0 Å². The Morgan fingerprint density at radius 3 is 2.20 bits per heavy atom. The van der Waals surface area contributed by atoms with Gasteiger partial charge in [-0.25, -0.2) is 0 Å². The molecule has 4 nitrogen and oxygen atoms in total. The van der Waals surface area contributed by atoms with Gasteiger partial charge in [-0.2, -0.15) is 0 Å². The van der Waals surface area contributed by atoms with E-state index >= 15 is 0 Å². The summed E-state index contributed by atoms with van der Waals surface area (Å²) >= 11 is 0. The van der Waals surface area contributed by atoms with Crippen LogP contribution in [0, 0.1) is 0 Å². The van der Waals surface area contributed by atoms with E-state index in [-0.39, 0.29) is 5.91 Å². The molecular weight excluding hydrogens is 310 g/mol. The zero-order valence-corrected chi connectivity index (χ0v) is 15.5. The molecule has 0 bridgehead atoms.